The van der Waals surface area contributed by atoms with Gasteiger partial charge in [-0.2, -0.15) is 0 Å². The van der Waals surface area contributed by atoms with E-state index in [2.05, 4.69) is 14.6 Å². The van der Waals surface area contributed by atoms with Crippen LogP contribution >= 0.6 is 0 Å². The van der Waals surface area contributed by atoms with Crippen LogP contribution in [-0.4, -0.2) is 60.8 Å². The molecule has 1 unspecified atom stereocenters. The molecule has 1 atom stereocenters. The van der Waals surface area contributed by atoms with Crippen LogP contribution in [0, 0.1) is 0 Å². The number of nitrogens with zero attached hydrogens (tertiary/aromatic N) is 3. The van der Waals surface area contributed by atoms with Gasteiger partial charge in [-0.1, -0.05) is 12.8 Å². The minimum Gasteiger partial charge on any atom is -0.379 e. The second-order valence-electron chi connectivity index (χ2n) is 7.51. The lowest BCUT2D eigenvalue weighted by Crippen LogP contribution is -2.62. The minimum atomic E-state index is -3.63. The highest BCUT2D eigenvalue weighted by molar-refractivity contribution is 7.89. The van der Waals surface area contributed by atoms with Crippen molar-refractivity contribution in [1.29, 1.82) is 0 Å². The second kappa shape index (κ2) is 7.34. The first-order chi connectivity index (χ1) is 11.8. The highest BCUT2D eigenvalue weighted by Crippen LogP contribution is 2.39. The number of imidazole rings is 1. The SMILES string of the molecule is CC(C)n1cnc(S(=O)(=O)NC(C)C2(N3CCOCC3)CCCC2)c1. The smallest absolute Gasteiger partial charge is 0.259 e. The standard InChI is InChI=1S/C17H30N4O3S/c1-14(2)20-12-16(18-13-20)25(22,23)19-15(3)17(6-4-5-7-17)21-8-10-24-11-9-21/h12-15,19H,4-11H2,1-3H3. The van der Waals surface area contributed by atoms with Crippen LogP contribution in [0.2, 0.25) is 0 Å². The van der Waals surface area contributed by atoms with E-state index in [0.29, 0.717) is 0 Å². The molecule has 3 rings (SSSR count). The van der Waals surface area contributed by atoms with E-state index in [1.807, 2.05) is 25.3 Å². The molecule has 1 N–H and O–H groups in total. The predicted molar refractivity (Wildman–Crippen MR) is 96.0 cm³/mol. The fourth-order valence-electron chi connectivity index (χ4n) is 4.16. The number of ether oxygens (including phenoxy) is 1. The number of hydrogen-bond donors (Lipinski definition) is 1. The Labute approximate surface area is 150 Å². The Bertz CT molecular complexity index is 674. The van der Waals surface area contributed by atoms with E-state index in [4.69, 9.17) is 4.74 Å². The van der Waals surface area contributed by atoms with Gasteiger partial charge in [0.15, 0.2) is 5.03 Å². The first-order valence-corrected chi connectivity index (χ1v) is 10.7. The van der Waals surface area contributed by atoms with Gasteiger partial charge in [0.2, 0.25) is 0 Å². The van der Waals surface area contributed by atoms with Crippen LogP contribution < -0.4 is 4.72 Å². The third-order valence-corrected chi connectivity index (χ3v) is 7.12. The molecule has 2 aliphatic rings. The van der Waals surface area contributed by atoms with Crippen LogP contribution in [0.1, 0.15) is 52.5 Å². The fraction of sp³-hybridized carbons (Fsp3) is 0.824. The fourth-order valence-corrected chi connectivity index (χ4v) is 5.41. The highest BCUT2D eigenvalue weighted by atomic mass is 32.2. The van der Waals surface area contributed by atoms with Gasteiger partial charge in [-0.05, 0) is 33.6 Å². The van der Waals surface area contributed by atoms with Crippen molar-refractivity contribution in [1.82, 2.24) is 19.2 Å². The van der Waals surface area contributed by atoms with Gasteiger partial charge in [0.1, 0.15) is 0 Å². The van der Waals surface area contributed by atoms with Crippen molar-refractivity contribution in [3.05, 3.63) is 12.5 Å². The van der Waals surface area contributed by atoms with Crippen molar-refractivity contribution in [2.45, 2.75) is 69.1 Å². The van der Waals surface area contributed by atoms with E-state index < -0.39 is 10.0 Å². The Balaban J connectivity index is 1.79. The zero-order valence-corrected chi connectivity index (χ0v) is 16.3. The number of nitrogens with one attached hydrogen (secondary N) is 1. The van der Waals surface area contributed by atoms with Crippen LogP contribution in [0.3, 0.4) is 0 Å². The molecule has 0 bridgehead atoms. The van der Waals surface area contributed by atoms with E-state index in [0.717, 1.165) is 52.0 Å². The molecule has 1 aliphatic heterocycles. The largest absolute Gasteiger partial charge is 0.379 e. The molecule has 1 aromatic rings. The summed E-state index contributed by atoms with van der Waals surface area (Å²) in [7, 11) is -3.63. The van der Waals surface area contributed by atoms with E-state index in [9.17, 15) is 8.42 Å². The number of morpholine rings is 1. The first kappa shape index (κ1) is 18.8. The van der Waals surface area contributed by atoms with Gasteiger partial charge in [0.25, 0.3) is 10.0 Å². The average Bonchev–Trinajstić information content (AvgIpc) is 3.26. The van der Waals surface area contributed by atoms with Crippen LogP contribution in [-0.2, 0) is 14.8 Å². The summed E-state index contributed by atoms with van der Waals surface area (Å²) in [5.41, 5.74) is -0.114. The third kappa shape index (κ3) is 3.77. The lowest BCUT2D eigenvalue weighted by molar-refractivity contribution is -0.0304. The molecular formula is C17H30N4O3S. The molecule has 2 heterocycles. The van der Waals surface area contributed by atoms with Gasteiger partial charge in [-0.25, -0.2) is 18.1 Å². The van der Waals surface area contributed by atoms with Crippen LogP contribution in [0.4, 0.5) is 0 Å². The molecule has 0 amide bonds. The van der Waals surface area contributed by atoms with Crippen molar-refractivity contribution in [3.8, 4) is 0 Å². The van der Waals surface area contributed by atoms with Crippen molar-refractivity contribution < 1.29 is 13.2 Å². The second-order valence-corrected chi connectivity index (χ2v) is 9.17. The summed E-state index contributed by atoms with van der Waals surface area (Å²) in [6.45, 7) is 9.18. The van der Waals surface area contributed by atoms with Gasteiger partial charge < -0.3 is 9.30 Å². The van der Waals surface area contributed by atoms with Crippen LogP contribution in [0.25, 0.3) is 0 Å². The highest BCUT2D eigenvalue weighted by Gasteiger charge is 2.45. The summed E-state index contributed by atoms with van der Waals surface area (Å²) in [5, 5.41) is 0.100. The molecule has 1 aliphatic carbocycles. The van der Waals surface area contributed by atoms with E-state index in [1.54, 1.807) is 12.5 Å². The van der Waals surface area contributed by atoms with E-state index >= 15 is 0 Å². The molecule has 0 radical (unpaired) electrons. The topological polar surface area (TPSA) is 76.5 Å². The summed E-state index contributed by atoms with van der Waals surface area (Å²) in [6, 6.07) is 0.0192. The summed E-state index contributed by atoms with van der Waals surface area (Å²) >= 11 is 0. The first-order valence-electron chi connectivity index (χ1n) is 9.24. The van der Waals surface area contributed by atoms with Crippen LogP contribution in [0.5, 0.6) is 0 Å². The molecule has 0 aromatic carbocycles. The minimum absolute atomic E-state index is 0.100. The molecule has 1 aromatic heterocycles. The predicted octanol–water partition coefficient (Wildman–Crippen LogP) is 1.78. The Morgan fingerprint density at radius 2 is 1.84 bits per heavy atom. The summed E-state index contributed by atoms with van der Waals surface area (Å²) in [4.78, 5) is 6.54. The van der Waals surface area contributed by atoms with Gasteiger partial charge in [0.05, 0.1) is 19.5 Å². The molecule has 2 fully saturated rings. The van der Waals surface area contributed by atoms with Gasteiger partial charge in [-0.3, -0.25) is 4.90 Å². The Kier molecular flexibility index (Phi) is 5.53. The quantitative estimate of drug-likeness (QED) is 0.826. The van der Waals surface area contributed by atoms with Crippen LogP contribution in [0.15, 0.2) is 17.6 Å². The Morgan fingerprint density at radius 3 is 2.40 bits per heavy atom. The lowest BCUT2D eigenvalue weighted by Gasteiger charge is -2.47. The van der Waals surface area contributed by atoms with Crippen molar-refractivity contribution >= 4 is 10.0 Å². The number of rotatable bonds is 6. The summed E-state index contributed by atoms with van der Waals surface area (Å²) in [6.07, 6.45) is 7.53. The molecule has 8 heteroatoms. The Morgan fingerprint density at radius 1 is 1.20 bits per heavy atom. The molecule has 1 saturated heterocycles. The normalized spacial score (nSPS) is 23.2. The van der Waals surface area contributed by atoms with Gasteiger partial charge in [0, 0.05) is 36.9 Å². The zero-order chi connectivity index (χ0) is 18.1. The molecule has 25 heavy (non-hydrogen) atoms. The Hall–Kier alpha value is -0.960. The maximum atomic E-state index is 12.8. The van der Waals surface area contributed by atoms with E-state index in [1.165, 1.54) is 0 Å². The van der Waals surface area contributed by atoms with Gasteiger partial charge >= 0.3 is 0 Å². The lowest BCUT2D eigenvalue weighted by atomic mass is 9.87. The number of hydrogen-bond acceptors (Lipinski definition) is 5. The maximum Gasteiger partial charge on any atom is 0.259 e. The van der Waals surface area contributed by atoms with Crippen molar-refractivity contribution in [2.24, 2.45) is 0 Å². The van der Waals surface area contributed by atoms with E-state index in [-0.39, 0.29) is 22.6 Å². The van der Waals surface area contributed by atoms with Crippen molar-refractivity contribution in [2.75, 3.05) is 26.3 Å². The third-order valence-electron chi connectivity index (χ3n) is 5.70. The zero-order valence-electron chi connectivity index (χ0n) is 15.4. The number of sulfonamides is 1. The molecule has 142 valence electrons. The summed E-state index contributed by atoms with van der Waals surface area (Å²) in [5.74, 6) is 0. The molecule has 0 spiro atoms. The molecule has 1 saturated carbocycles. The maximum absolute atomic E-state index is 12.8. The van der Waals surface area contributed by atoms with Crippen molar-refractivity contribution in [3.63, 3.8) is 0 Å². The average molecular weight is 371 g/mol. The van der Waals surface area contributed by atoms with Gasteiger partial charge in [-0.15, -0.1) is 0 Å². The monoisotopic (exact) mass is 370 g/mol. The molecular weight excluding hydrogens is 340 g/mol. The summed E-state index contributed by atoms with van der Waals surface area (Å²) < 4.78 is 35.9. The number of aromatic nitrogens is 2. The molecule has 7 nitrogen and oxygen atoms in total.